The molecule has 6 saturated heterocycles. The number of piperidine rings is 6. The van der Waals surface area contributed by atoms with Crippen molar-refractivity contribution < 1.29 is 8.97 Å². The van der Waals surface area contributed by atoms with Gasteiger partial charge in [-0.25, -0.2) is 0 Å². The van der Waals surface area contributed by atoms with Crippen LogP contribution in [0.3, 0.4) is 0 Å². The summed E-state index contributed by atoms with van der Waals surface area (Å²) >= 11 is 0. The van der Waals surface area contributed by atoms with Crippen molar-refractivity contribution in [2.45, 2.75) is 46.0 Å². The van der Waals surface area contributed by atoms with E-state index in [1.165, 1.54) is 93.4 Å². The summed E-state index contributed by atoms with van der Waals surface area (Å²) in [6.07, 6.45) is 7.61. The highest BCUT2D eigenvalue weighted by atomic mass is 15.4. The predicted octanol–water partition coefficient (Wildman–Crippen LogP) is 3.13. The Hall–Kier alpha value is -0.0800. The smallest absolute Gasteiger partial charge is 0.0841 e. The maximum absolute atomic E-state index is 2.52. The van der Waals surface area contributed by atoms with Gasteiger partial charge in [0.15, 0.2) is 0 Å². The van der Waals surface area contributed by atoms with Gasteiger partial charge in [-0.2, -0.15) is 0 Å². The standard InChI is InChI=1S/C19H36N2/c1-16-14-20(10-4-18(16)5-11-20)8-3-9-21-12-6-19(7-13-21)17(2)15-21/h16-19H,3-15H2,1-2H3/q+2. The SMILES string of the molecule is CC1C[N+]2(CCC[N+]34CCC(CC3)C(C)C4)CCC1CC2. The number of nitrogens with zero attached hydrogens (tertiary/aromatic N) is 2. The van der Waals surface area contributed by atoms with Crippen molar-refractivity contribution in [1.29, 1.82) is 0 Å². The molecule has 120 valence electrons. The first-order valence-corrected chi connectivity index (χ1v) is 9.80. The van der Waals surface area contributed by atoms with Gasteiger partial charge in [-0.05, 0) is 11.8 Å². The van der Waals surface area contributed by atoms with Crippen LogP contribution in [-0.2, 0) is 0 Å². The Balaban J connectivity index is 1.33. The highest BCUT2D eigenvalue weighted by molar-refractivity contribution is 4.79. The Labute approximate surface area is 131 Å². The molecule has 2 heteroatoms. The normalized spacial score (nSPS) is 52.3. The first-order valence-electron chi connectivity index (χ1n) is 9.80. The van der Waals surface area contributed by atoms with Crippen LogP contribution < -0.4 is 0 Å². The van der Waals surface area contributed by atoms with Gasteiger partial charge in [-0.15, -0.1) is 0 Å². The molecule has 2 atom stereocenters. The van der Waals surface area contributed by atoms with Crippen LogP contribution in [0.4, 0.5) is 0 Å². The quantitative estimate of drug-likeness (QED) is 0.698. The molecular weight excluding hydrogens is 256 g/mol. The van der Waals surface area contributed by atoms with Crippen molar-refractivity contribution in [3.8, 4) is 0 Å². The molecule has 21 heavy (non-hydrogen) atoms. The number of quaternary nitrogens is 2. The van der Waals surface area contributed by atoms with Crippen molar-refractivity contribution in [2.24, 2.45) is 23.7 Å². The molecule has 0 aromatic rings. The minimum absolute atomic E-state index is 1.00. The lowest BCUT2D eigenvalue weighted by atomic mass is 9.77. The monoisotopic (exact) mass is 292 g/mol. The van der Waals surface area contributed by atoms with Gasteiger partial charge in [0.25, 0.3) is 0 Å². The average Bonchev–Trinajstić information content (AvgIpc) is 2.48. The third-order valence-corrected chi connectivity index (χ3v) is 8.12. The lowest BCUT2D eigenvalue weighted by Crippen LogP contribution is -2.64. The van der Waals surface area contributed by atoms with E-state index < -0.39 is 0 Å². The molecule has 0 saturated carbocycles. The van der Waals surface area contributed by atoms with Crippen LogP contribution in [0, 0.1) is 23.7 Å². The number of hydrogen-bond donors (Lipinski definition) is 0. The maximum atomic E-state index is 2.52. The lowest BCUT2D eigenvalue weighted by Gasteiger charge is -2.54. The fourth-order valence-electron chi connectivity index (χ4n) is 6.67. The van der Waals surface area contributed by atoms with Crippen molar-refractivity contribution in [3.63, 3.8) is 0 Å². The third kappa shape index (κ3) is 2.57. The summed E-state index contributed by atoms with van der Waals surface area (Å²) in [5.74, 6) is 4.17. The van der Waals surface area contributed by atoms with E-state index in [0.29, 0.717) is 0 Å². The van der Waals surface area contributed by atoms with Crippen LogP contribution in [0.1, 0.15) is 46.0 Å². The molecule has 6 aliphatic rings. The predicted molar refractivity (Wildman–Crippen MR) is 87.8 cm³/mol. The second-order valence-electron chi connectivity index (χ2n) is 9.37. The van der Waals surface area contributed by atoms with Gasteiger partial charge in [0.05, 0.1) is 52.4 Å². The molecular formula is C19H36N2+2. The summed E-state index contributed by atoms with van der Waals surface area (Å²) in [6, 6.07) is 0. The lowest BCUT2D eigenvalue weighted by molar-refractivity contribution is -0.963. The van der Waals surface area contributed by atoms with Gasteiger partial charge in [0.2, 0.25) is 0 Å². The highest BCUT2D eigenvalue weighted by Crippen LogP contribution is 2.39. The summed E-state index contributed by atoms with van der Waals surface area (Å²) < 4.78 is 2.99. The van der Waals surface area contributed by atoms with Gasteiger partial charge >= 0.3 is 0 Å². The van der Waals surface area contributed by atoms with Crippen LogP contribution in [-0.4, -0.2) is 61.3 Å². The van der Waals surface area contributed by atoms with Gasteiger partial charge in [0.1, 0.15) is 0 Å². The Morgan fingerprint density at radius 3 is 1.38 bits per heavy atom. The largest absolute Gasteiger partial charge is 0.323 e. The zero-order valence-corrected chi connectivity index (χ0v) is 14.4. The van der Waals surface area contributed by atoms with E-state index in [2.05, 4.69) is 13.8 Å². The van der Waals surface area contributed by atoms with E-state index in [1.54, 1.807) is 0 Å². The van der Waals surface area contributed by atoms with Crippen LogP contribution >= 0.6 is 0 Å². The zero-order valence-electron chi connectivity index (χ0n) is 14.4. The Morgan fingerprint density at radius 2 is 1.05 bits per heavy atom. The fraction of sp³-hybridized carbons (Fsp3) is 1.00. The minimum atomic E-state index is 1.00. The van der Waals surface area contributed by atoms with Gasteiger partial charge in [-0.3, -0.25) is 0 Å². The molecule has 0 N–H and O–H groups in total. The molecule has 2 unspecified atom stereocenters. The summed E-state index contributed by atoms with van der Waals surface area (Å²) in [4.78, 5) is 0. The van der Waals surface area contributed by atoms with Crippen LogP contribution in [0.2, 0.25) is 0 Å². The third-order valence-electron chi connectivity index (χ3n) is 8.12. The Kier molecular flexibility index (Phi) is 3.61. The van der Waals surface area contributed by atoms with Crippen molar-refractivity contribution in [2.75, 3.05) is 52.4 Å². The second kappa shape index (κ2) is 5.23. The Bertz CT molecular complexity index is 339. The molecule has 6 heterocycles. The van der Waals surface area contributed by atoms with Crippen molar-refractivity contribution in [1.82, 2.24) is 0 Å². The molecule has 4 bridgehead atoms. The van der Waals surface area contributed by atoms with Gasteiger partial charge in [-0.1, -0.05) is 13.8 Å². The molecule has 0 aromatic carbocycles. The Morgan fingerprint density at radius 1 is 0.667 bits per heavy atom. The highest BCUT2D eigenvalue weighted by Gasteiger charge is 2.46. The maximum Gasteiger partial charge on any atom is 0.0841 e. The molecule has 0 radical (unpaired) electrons. The van der Waals surface area contributed by atoms with Crippen LogP contribution in [0.25, 0.3) is 0 Å². The summed E-state index contributed by atoms with van der Waals surface area (Å²) in [5.41, 5.74) is 0. The zero-order chi connectivity index (χ0) is 14.5. The van der Waals surface area contributed by atoms with Crippen molar-refractivity contribution in [3.05, 3.63) is 0 Å². The molecule has 0 amide bonds. The summed E-state index contributed by atoms with van der Waals surface area (Å²) in [5, 5.41) is 0. The molecule has 0 aromatic heterocycles. The van der Waals surface area contributed by atoms with Crippen LogP contribution in [0.15, 0.2) is 0 Å². The van der Waals surface area contributed by atoms with E-state index in [4.69, 9.17) is 0 Å². The fourth-order valence-corrected chi connectivity index (χ4v) is 6.67. The van der Waals surface area contributed by atoms with Crippen LogP contribution in [0.5, 0.6) is 0 Å². The molecule has 6 rings (SSSR count). The van der Waals surface area contributed by atoms with E-state index in [-0.39, 0.29) is 0 Å². The first-order chi connectivity index (χ1) is 10.1. The van der Waals surface area contributed by atoms with E-state index >= 15 is 0 Å². The second-order valence-corrected chi connectivity index (χ2v) is 9.37. The molecule has 0 spiro atoms. The topological polar surface area (TPSA) is 0 Å². The average molecular weight is 293 g/mol. The van der Waals surface area contributed by atoms with E-state index in [9.17, 15) is 0 Å². The number of fused-ring (bicyclic) bond motifs is 6. The number of rotatable bonds is 4. The number of hydrogen-bond acceptors (Lipinski definition) is 0. The van der Waals surface area contributed by atoms with E-state index in [1.807, 2.05) is 0 Å². The molecule has 2 nitrogen and oxygen atoms in total. The summed E-state index contributed by atoms with van der Waals surface area (Å²) in [7, 11) is 0. The molecule has 6 fully saturated rings. The summed E-state index contributed by atoms with van der Waals surface area (Å²) in [6.45, 7) is 17.1. The molecule has 6 aliphatic heterocycles. The first kappa shape index (κ1) is 14.5. The van der Waals surface area contributed by atoms with E-state index in [0.717, 1.165) is 23.7 Å². The van der Waals surface area contributed by atoms with Crippen molar-refractivity contribution >= 4 is 0 Å². The van der Waals surface area contributed by atoms with Gasteiger partial charge in [0, 0.05) is 43.9 Å². The molecule has 0 aliphatic carbocycles. The van der Waals surface area contributed by atoms with Gasteiger partial charge < -0.3 is 8.97 Å². The minimum Gasteiger partial charge on any atom is -0.323 e.